The molecule has 0 saturated heterocycles. The minimum Gasteiger partial charge on any atom is -0.327 e. The van der Waals surface area contributed by atoms with E-state index in [1.165, 1.54) is 32.1 Å². The van der Waals surface area contributed by atoms with Gasteiger partial charge in [-0.25, -0.2) is 0 Å². The number of hydrogen-bond donors (Lipinski definition) is 1. The van der Waals surface area contributed by atoms with Gasteiger partial charge >= 0.3 is 0 Å². The van der Waals surface area contributed by atoms with Crippen molar-refractivity contribution < 1.29 is 4.90 Å². The Labute approximate surface area is 143 Å². The first-order chi connectivity index (χ1) is 11.3. The van der Waals surface area contributed by atoms with Crippen molar-refractivity contribution in [1.82, 2.24) is 0 Å². The van der Waals surface area contributed by atoms with Crippen molar-refractivity contribution in [3.63, 3.8) is 0 Å². The summed E-state index contributed by atoms with van der Waals surface area (Å²) in [4.78, 5) is 2.76. The predicted octanol–water partition coefficient (Wildman–Crippen LogP) is 3.26. The number of benzene rings is 2. The van der Waals surface area contributed by atoms with Gasteiger partial charge in [-0.1, -0.05) is 48.5 Å². The molecule has 2 aromatic rings. The maximum absolute atomic E-state index is 5.40. The lowest BCUT2D eigenvalue weighted by atomic mass is 9.93. The molecule has 116 valence electrons. The third-order valence-electron chi connectivity index (χ3n) is 4.19. The Morgan fingerprint density at radius 2 is 1.87 bits per heavy atom. The fraction of sp³-hybridized carbons (Fsp3) is 0.238. The standard InChI is InChI=1S/C21H21NS/c1-3-14-22(2)15-8-12-19-18-10-5-4-9-17(18)16-23-21-13-7-6-11-20(19)21/h1,4-7,9-13H,8,14-16H2,2H3/p+1/b19-12+. The average molecular weight is 320 g/mol. The van der Waals surface area contributed by atoms with Gasteiger partial charge in [-0.05, 0) is 34.3 Å². The molecular weight excluding hydrogens is 298 g/mol. The van der Waals surface area contributed by atoms with E-state index in [0.29, 0.717) is 0 Å². The summed E-state index contributed by atoms with van der Waals surface area (Å²) in [5.41, 5.74) is 5.52. The summed E-state index contributed by atoms with van der Waals surface area (Å²) < 4.78 is 0. The number of quaternary nitrogens is 1. The van der Waals surface area contributed by atoms with Crippen LogP contribution in [-0.2, 0) is 5.75 Å². The Morgan fingerprint density at radius 3 is 2.70 bits per heavy atom. The Balaban J connectivity index is 1.95. The molecule has 1 unspecified atom stereocenters. The minimum absolute atomic E-state index is 0.784. The third kappa shape index (κ3) is 3.69. The van der Waals surface area contributed by atoms with Crippen molar-refractivity contribution in [3.8, 4) is 12.3 Å². The molecule has 3 rings (SSSR count). The highest BCUT2D eigenvalue weighted by Crippen LogP contribution is 2.39. The topological polar surface area (TPSA) is 4.44 Å². The number of terminal acetylenes is 1. The van der Waals surface area contributed by atoms with Crippen LogP contribution in [0.5, 0.6) is 0 Å². The number of hydrogen-bond acceptors (Lipinski definition) is 1. The summed E-state index contributed by atoms with van der Waals surface area (Å²) in [6.07, 6.45) is 8.83. The molecule has 1 N–H and O–H groups in total. The second-order valence-electron chi connectivity index (χ2n) is 5.94. The van der Waals surface area contributed by atoms with Gasteiger partial charge in [0.15, 0.2) is 0 Å². The quantitative estimate of drug-likeness (QED) is 0.847. The second kappa shape index (κ2) is 7.55. The van der Waals surface area contributed by atoms with E-state index in [-0.39, 0.29) is 0 Å². The van der Waals surface area contributed by atoms with Crippen molar-refractivity contribution in [3.05, 3.63) is 71.3 Å². The lowest BCUT2D eigenvalue weighted by Crippen LogP contribution is -3.08. The lowest BCUT2D eigenvalue weighted by Gasteiger charge is -2.13. The number of fused-ring (bicyclic) bond motifs is 2. The van der Waals surface area contributed by atoms with Crippen LogP contribution in [-0.4, -0.2) is 20.1 Å². The molecule has 0 spiro atoms. The molecule has 1 aliphatic rings. The van der Waals surface area contributed by atoms with Gasteiger partial charge in [-0.15, -0.1) is 18.2 Å². The van der Waals surface area contributed by atoms with Crippen molar-refractivity contribution in [2.45, 2.75) is 17.1 Å². The predicted molar refractivity (Wildman–Crippen MR) is 99.6 cm³/mol. The van der Waals surface area contributed by atoms with Gasteiger partial charge < -0.3 is 4.90 Å². The first-order valence-electron chi connectivity index (χ1n) is 8.05. The van der Waals surface area contributed by atoms with E-state index >= 15 is 0 Å². The van der Waals surface area contributed by atoms with Crippen LogP contribution in [0.3, 0.4) is 0 Å². The highest BCUT2D eigenvalue weighted by molar-refractivity contribution is 7.98. The van der Waals surface area contributed by atoms with Crippen LogP contribution in [0.1, 0.15) is 23.1 Å². The van der Waals surface area contributed by atoms with Crippen molar-refractivity contribution in [1.29, 1.82) is 0 Å². The van der Waals surface area contributed by atoms with E-state index < -0.39 is 0 Å². The molecule has 0 aromatic heterocycles. The van der Waals surface area contributed by atoms with Gasteiger partial charge in [-0.3, -0.25) is 0 Å². The lowest BCUT2D eigenvalue weighted by molar-refractivity contribution is -0.871. The molecule has 0 fully saturated rings. The molecule has 0 aliphatic carbocycles. The Hall–Kier alpha value is -1.95. The zero-order valence-corrected chi connectivity index (χ0v) is 14.3. The van der Waals surface area contributed by atoms with Crippen molar-refractivity contribution in [2.75, 3.05) is 20.1 Å². The number of thioether (sulfide) groups is 1. The smallest absolute Gasteiger partial charge is 0.138 e. The Kier molecular flexibility index (Phi) is 5.23. The normalized spacial score (nSPS) is 16.1. The Bertz CT molecular complexity index is 705. The molecule has 23 heavy (non-hydrogen) atoms. The number of nitrogens with one attached hydrogen (secondary N) is 1. The number of rotatable bonds is 4. The van der Waals surface area contributed by atoms with Gasteiger partial charge in [0.25, 0.3) is 0 Å². The molecule has 0 radical (unpaired) electrons. The monoisotopic (exact) mass is 320 g/mol. The largest absolute Gasteiger partial charge is 0.327 e. The first-order valence-corrected chi connectivity index (χ1v) is 9.03. The van der Waals surface area contributed by atoms with Gasteiger partial charge in [0.2, 0.25) is 0 Å². The van der Waals surface area contributed by atoms with Crippen molar-refractivity contribution in [2.24, 2.45) is 0 Å². The van der Waals surface area contributed by atoms with Gasteiger partial charge in [0.05, 0.1) is 13.6 Å². The van der Waals surface area contributed by atoms with Gasteiger partial charge in [0, 0.05) is 17.1 Å². The van der Waals surface area contributed by atoms with Crippen LogP contribution in [0, 0.1) is 12.3 Å². The second-order valence-corrected chi connectivity index (χ2v) is 6.95. The average Bonchev–Trinajstić information content (AvgIpc) is 2.73. The molecular formula is C21H22NS+. The molecule has 0 amide bonds. The van der Waals surface area contributed by atoms with Crippen LogP contribution in [0.25, 0.3) is 5.57 Å². The molecule has 2 aromatic carbocycles. The molecule has 0 bridgehead atoms. The third-order valence-corrected chi connectivity index (χ3v) is 5.31. The molecule has 2 heteroatoms. The highest BCUT2D eigenvalue weighted by Gasteiger charge is 2.17. The van der Waals surface area contributed by atoms with E-state index in [1.54, 1.807) is 0 Å². The van der Waals surface area contributed by atoms with Crippen LogP contribution in [0.15, 0.2) is 59.5 Å². The summed E-state index contributed by atoms with van der Waals surface area (Å²) in [6.45, 7) is 1.84. The van der Waals surface area contributed by atoms with E-state index in [4.69, 9.17) is 6.42 Å². The maximum atomic E-state index is 5.40. The zero-order valence-electron chi connectivity index (χ0n) is 13.5. The summed E-state index contributed by atoms with van der Waals surface area (Å²) in [5, 5.41) is 0. The van der Waals surface area contributed by atoms with Crippen LogP contribution in [0.4, 0.5) is 0 Å². The summed E-state index contributed by atoms with van der Waals surface area (Å²) in [5.74, 6) is 3.77. The molecule has 0 saturated carbocycles. The maximum Gasteiger partial charge on any atom is 0.138 e. The summed E-state index contributed by atoms with van der Waals surface area (Å²) in [7, 11) is 2.16. The van der Waals surface area contributed by atoms with E-state index in [9.17, 15) is 0 Å². The fourth-order valence-electron chi connectivity index (χ4n) is 2.97. The van der Waals surface area contributed by atoms with Crippen molar-refractivity contribution >= 4 is 17.3 Å². The van der Waals surface area contributed by atoms with Gasteiger partial charge in [0.1, 0.15) is 6.54 Å². The Morgan fingerprint density at radius 1 is 1.13 bits per heavy atom. The summed E-state index contributed by atoms with van der Waals surface area (Å²) >= 11 is 1.93. The van der Waals surface area contributed by atoms with E-state index in [0.717, 1.165) is 25.3 Å². The fourth-order valence-corrected chi connectivity index (χ4v) is 4.04. The van der Waals surface area contributed by atoms with Crippen LogP contribution in [0.2, 0.25) is 0 Å². The van der Waals surface area contributed by atoms with E-state index in [2.05, 4.69) is 67.6 Å². The highest BCUT2D eigenvalue weighted by atomic mass is 32.2. The minimum atomic E-state index is 0.784. The molecule has 1 aliphatic heterocycles. The molecule has 1 atom stereocenters. The molecule has 1 heterocycles. The van der Waals surface area contributed by atoms with Gasteiger partial charge in [-0.2, -0.15) is 0 Å². The molecule has 1 nitrogen and oxygen atoms in total. The first kappa shape index (κ1) is 15.9. The van der Waals surface area contributed by atoms with Crippen LogP contribution < -0.4 is 4.90 Å². The zero-order chi connectivity index (χ0) is 16.1. The SMILES string of the molecule is C#CC[NH+](C)CC/C=C1\c2ccccc2CSc2ccccc21. The van der Waals surface area contributed by atoms with E-state index in [1.807, 2.05) is 11.8 Å². The van der Waals surface area contributed by atoms with Crippen LogP contribution >= 0.6 is 11.8 Å². The summed E-state index contributed by atoms with van der Waals surface area (Å²) in [6, 6.07) is 17.5.